The molecule has 0 aliphatic carbocycles. The van der Waals surface area contributed by atoms with Crippen molar-refractivity contribution in [2.75, 3.05) is 19.8 Å². The van der Waals surface area contributed by atoms with Crippen molar-refractivity contribution in [1.29, 1.82) is 0 Å². The maximum Gasteiger partial charge on any atom is 0.305 e. The number of halogens is 2. The summed E-state index contributed by atoms with van der Waals surface area (Å²) >= 11 is 9.68. The van der Waals surface area contributed by atoms with Gasteiger partial charge in [-0.05, 0) is 65.5 Å². The van der Waals surface area contributed by atoms with Gasteiger partial charge in [0.2, 0.25) is 0 Å². The van der Waals surface area contributed by atoms with Gasteiger partial charge in [-0.2, -0.15) is 0 Å². The molecule has 0 aromatic heterocycles. The Morgan fingerprint density at radius 3 is 2.37 bits per heavy atom. The Morgan fingerprint density at radius 2 is 1.73 bits per heavy atom. The summed E-state index contributed by atoms with van der Waals surface area (Å²) in [6.07, 6.45) is 0.643. The molecular formula is C22H21BrClNO5. The van der Waals surface area contributed by atoms with Crippen LogP contribution in [-0.4, -0.2) is 42.4 Å². The van der Waals surface area contributed by atoms with E-state index in [1.165, 1.54) is 0 Å². The van der Waals surface area contributed by atoms with Gasteiger partial charge < -0.3 is 9.47 Å². The fraction of sp³-hybridized carbons (Fsp3) is 0.318. The molecule has 0 N–H and O–H groups in total. The van der Waals surface area contributed by atoms with Crippen molar-refractivity contribution in [2.45, 2.75) is 26.7 Å². The summed E-state index contributed by atoms with van der Waals surface area (Å²) in [5, 5.41) is 0.691. The minimum atomic E-state index is -0.405. The average Bonchev–Trinajstić information content (AvgIpc) is 2.98. The second-order valence-electron chi connectivity index (χ2n) is 6.92. The number of amides is 2. The number of benzene rings is 2. The van der Waals surface area contributed by atoms with E-state index in [9.17, 15) is 14.4 Å². The van der Waals surface area contributed by atoms with E-state index in [2.05, 4.69) is 15.9 Å². The Balaban J connectivity index is 1.39. The van der Waals surface area contributed by atoms with E-state index in [0.717, 1.165) is 20.5 Å². The quantitative estimate of drug-likeness (QED) is 0.302. The molecule has 2 aromatic rings. The number of esters is 1. The van der Waals surface area contributed by atoms with E-state index in [-0.39, 0.29) is 31.4 Å². The molecule has 0 radical (unpaired) electrons. The molecule has 3 rings (SSSR count). The first-order valence-corrected chi connectivity index (χ1v) is 10.7. The predicted molar refractivity (Wildman–Crippen MR) is 116 cm³/mol. The van der Waals surface area contributed by atoms with Gasteiger partial charge in [0.15, 0.2) is 0 Å². The molecule has 2 aromatic carbocycles. The summed E-state index contributed by atoms with van der Waals surface area (Å²) in [5.41, 5.74) is 2.58. The Bertz CT molecular complexity index is 972. The van der Waals surface area contributed by atoms with Gasteiger partial charge in [-0.25, -0.2) is 0 Å². The molecule has 8 heteroatoms. The van der Waals surface area contributed by atoms with E-state index in [0.29, 0.717) is 34.9 Å². The van der Waals surface area contributed by atoms with Crippen LogP contribution < -0.4 is 4.74 Å². The summed E-state index contributed by atoms with van der Waals surface area (Å²) in [4.78, 5) is 37.6. The molecule has 0 atom stereocenters. The number of imide groups is 1. The number of aryl methyl sites for hydroxylation is 1. The van der Waals surface area contributed by atoms with Crippen molar-refractivity contribution in [3.8, 4) is 5.75 Å². The van der Waals surface area contributed by atoms with Crippen LogP contribution in [-0.2, 0) is 9.53 Å². The van der Waals surface area contributed by atoms with E-state index < -0.39 is 5.97 Å². The Kier molecular flexibility index (Phi) is 7.15. The molecule has 0 unspecified atom stereocenters. The zero-order valence-corrected chi connectivity index (χ0v) is 19.0. The summed E-state index contributed by atoms with van der Waals surface area (Å²) in [6, 6.07) is 8.49. The second-order valence-corrected chi connectivity index (χ2v) is 8.10. The fourth-order valence-corrected chi connectivity index (χ4v) is 3.86. The summed E-state index contributed by atoms with van der Waals surface area (Å²) in [5.74, 6) is -0.454. The monoisotopic (exact) mass is 493 g/mol. The molecule has 2 amide bonds. The number of fused-ring (bicyclic) bond motifs is 1. The number of hydrogen-bond acceptors (Lipinski definition) is 5. The molecule has 0 bridgehead atoms. The normalized spacial score (nSPS) is 12.9. The largest absolute Gasteiger partial charge is 0.492 e. The Morgan fingerprint density at radius 1 is 1.10 bits per heavy atom. The number of hydrogen-bond donors (Lipinski definition) is 0. The maximum absolute atomic E-state index is 12.3. The van der Waals surface area contributed by atoms with Crippen molar-refractivity contribution >= 4 is 45.3 Å². The van der Waals surface area contributed by atoms with Crippen LogP contribution >= 0.6 is 27.5 Å². The first kappa shape index (κ1) is 22.3. The zero-order chi connectivity index (χ0) is 21.8. The standard InChI is InChI=1S/C22H21BrClNO5/c1-13-12-17(19(23)14(2)20(13)24)29-10-5-8-18(26)30-11-9-25-21(27)15-6-3-4-7-16(15)22(25)28/h3-4,6-7,12H,5,8-11H2,1-2H3. The molecule has 0 fully saturated rings. The molecule has 0 saturated heterocycles. The van der Waals surface area contributed by atoms with Gasteiger partial charge in [-0.15, -0.1) is 0 Å². The molecule has 158 valence electrons. The van der Waals surface area contributed by atoms with Crippen molar-refractivity contribution in [3.05, 3.63) is 62.1 Å². The third-order valence-corrected chi connectivity index (χ3v) is 6.37. The Labute approximate surface area is 188 Å². The minimum Gasteiger partial charge on any atom is -0.492 e. The fourth-order valence-electron chi connectivity index (χ4n) is 3.17. The average molecular weight is 495 g/mol. The SMILES string of the molecule is Cc1cc(OCCCC(=O)OCCN2C(=O)c3ccccc3C2=O)c(Br)c(C)c1Cl. The lowest BCUT2D eigenvalue weighted by Gasteiger charge is -2.14. The van der Waals surface area contributed by atoms with Crippen LogP contribution in [0.15, 0.2) is 34.8 Å². The smallest absolute Gasteiger partial charge is 0.305 e. The lowest BCUT2D eigenvalue weighted by Crippen LogP contribution is -2.33. The van der Waals surface area contributed by atoms with E-state index in [4.69, 9.17) is 21.1 Å². The topological polar surface area (TPSA) is 72.9 Å². The number of nitrogens with zero attached hydrogens (tertiary/aromatic N) is 1. The lowest BCUT2D eigenvalue weighted by molar-refractivity contribution is -0.144. The minimum absolute atomic E-state index is 0.0326. The van der Waals surface area contributed by atoms with Crippen LogP contribution in [0, 0.1) is 13.8 Å². The highest BCUT2D eigenvalue weighted by Gasteiger charge is 2.34. The van der Waals surface area contributed by atoms with Gasteiger partial charge in [0.25, 0.3) is 11.8 Å². The number of ether oxygens (including phenoxy) is 2. The van der Waals surface area contributed by atoms with Crippen molar-refractivity contribution in [1.82, 2.24) is 4.90 Å². The third-order valence-electron chi connectivity index (χ3n) is 4.81. The predicted octanol–water partition coefficient (Wildman–Crippen LogP) is 4.72. The molecule has 1 aliphatic heterocycles. The summed E-state index contributed by atoms with van der Waals surface area (Å²) in [7, 11) is 0. The van der Waals surface area contributed by atoms with Crippen LogP contribution in [0.5, 0.6) is 5.75 Å². The first-order valence-electron chi connectivity index (χ1n) is 9.50. The van der Waals surface area contributed by atoms with Gasteiger partial charge >= 0.3 is 5.97 Å². The van der Waals surface area contributed by atoms with Gasteiger partial charge in [-0.1, -0.05) is 23.7 Å². The van der Waals surface area contributed by atoms with Gasteiger partial charge in [-0.3, -0.25) is 19.3 Å². The number of rotatable bonds is 8. The maximum atomic E-state index is 12.3. The molecule has 1 aliphatic rings. The molecule has 1 heterocycles. The molecule has 0 saturated carbocycles. The van der Waals surface area contributed by atoms with E-state index >= 15 is 0 Å². The number of carbonyl (C=O) groups is 3. The second kappa shape index (κ2) is 9.62. The van der Waals surface area contributed by atoms with Crippen molar-refractivity contribution < 1.29 is 23.9 Å². The van der Waals surface area contributed by atoms with Crippen LogP contribution in [0.4, 0.5) is 0 Å². The summed E-state index contributed by atoms with van der Waals surface area (Å²) < 4.78 is 11.7. The van der Waals surface area contributed by atoms with Crippen LogP contribution in [0.3, 0.4) is 0 Å². The lowest BCUT2D eigenvalue weighted by atomic mass is 10.1. The van der Waals surface area contributed by atoms with Crippen molar-refractivity contribution in [3.63, 3.8) is 0 Å². The highest BCUT2D eigenvalue weighted by molar-refractivity contribution is 9.10. The molecule has 30 heavy (non-hydrogen) atoms. The molecule has 0 spiro atoms. The molecular weight excluding hydrogens is 474 g/mol. The number of carbonyl (C=O) groups excluding carboxylic acids is 3. The van der Waals surface area contributed by atoms with Crippen molar-refractivity contribution in [2.24, 2.45) is 0 Å². The summed E-state index contributed by atoms with van der Waals surface area (Å²) in [6.45, 7) is 4.14. The van der Waals surface area contributed by atoms with Crippen LogP contribution in [0.2, 0.25) is 5.02 Å². The van der Waals surface area contributed by atoms with Crippen LogP contribution in [0.25, 0.3) is 0 Å². The van der Waals surface area contributed by atoms with E-state index in [1.54, 1.807) is 24.3 Å². The first-order chi connectivity index (χ1) is 14.3. The van der Waals surface area contributed by atoms with Gasteiger partial charge in [0.05, 0.1) is 28.8 Å². The van der Waals surface area contributed by atoms with Gasteiger partial charge in [0, 0.05) is 11.4 Å². The molecule has 6 nitrogen and oxygen atoms in total. The van der Waals surface area contributed by atoms with Crippen LogP contribution in [0.1, 0.15) is 44.7 Å². The Hall–Kier alpha value is -2.38. The third kappa shape index (κ3) is 4.68. The highest BCUT2D eigenvalue weighted by Crippen LogP contribution is 2.35. The van der Waals surface area contributed by atoms with E-state index in [1.807, 2.05) is 19.9 Å². The highest BCUT2D eigenvalue weighted by atomic mass is 79.9. The van der Waals surface area contributed by atoms with Gasteiger partial charge in [0.1, 0.15) is 12.4 Å². The zero-order valence-electron chi connectivity index (χ0n) is 16.7.